The van der Waals surface area contributed by atoms with Gasteiger partial charge in [0.2, 0.25) is 5.91 Å². The zero-order valence-corrected chi connectivity index (χ0v) is 21.9. The van der Waals surface area contributed by atoms with Crippen molar-refractivity contribution in [1.82, 2.24) is 20.2 Å². The number of hydrogen-bond donors (Lipinski definition) is 1. The number of thiazole rings is 2. The molecule has 1 saturated carbocycles. The highest BCUT2D eigenvalue weighted by Gasteiger charge is 2.36. The number of aryl methyl sites for hydroxylation is 1. The molecule has 0 atom stereocenters. The molecule has 6 nitrogen and oxygen atoms in total. The number of carbonyl (C=O) groups excluding carboxylic acids is 1. The van der Waals surface area contributed by atoms with Crippen molar-refractivity contribution in [2.75, 3.05) is 31.1 Å². The van der Waals surface area contributed by atoms with Gasteiger partial charge in [0.05, 0.1) is 17.1 Å². The summed E-state index contributed by atoms with van der Waals surface area (Å²) >= 11 is 3.54. The summed E-state index contributed by atoms with van der Waals surface area (Å²) in [5, 5.41) is 5.53. The maximum absolute atomic E-state index is 12.4. The predicted octanol–water partition coefficient (Wildman–Crippen LogP) is 4.42. The van der Waals surface area contributed by atoms with Crippen LogP contribution in [0.3, 0.4) is 0 Å². The van der Waals surface area contributed by atoms with Crippen LogP contribution in [0.15, 0.2) is 6.20 Å². The third-order valence-electron chi connectivity index (χ3n) is 7.37. The maximum atomic E-state index is 12.4. The third kappa shape index (κ3) is 5.77. The van der Waals surface area contributed by atoms with Crippen LogP contribution in [-0.2, 0) is 24.2 Å². The van der Waals surface area contributed by atoms with Gasteiger partial charge in [-0.15, -0.1) is 22.7 Å². The minimum absolute atomic E-state index is 0.149. The van der Waals surface area contributed by atoms with E-state index in [9.17, 15) is 4.79 Å². The Morgan fingerprint density at radius 1 is 1.21 bits per heavy atom. The quantitative estimate of drug-likeness (QED) is 0.626. The number of carbonyl (C=O) groups is 1. The molecule has 8 heteroatoms. The molecular weight excluding hydrogens is 450 g/mol. The van der Waals surface area contributed by atoms with Crippen LogP contribution in [0.25, 0.3) is 0 Å². The number of anilines is 1. The van der Waals surface area contributed by atoms with Gasteiger partial charge in [0.1, 0.15) is 0 Å². The van der Waals surface area contributed by atoms with Gasteiger partial charge in [-0.2, -0.15) is 0 Å². The second-order valence-electron chi connectivity index (χ2n) is 11.0. The average molecular weight is 488 g/mol. The van der Waals surface area contributed by atoms with Crippen molar-refractivity contribution in [2.24, 2.45) is 11.3 Å². The van der Waals surface area contributed by atoms with E-state index in [-0.39, 0.29) is 5.91 Å². The summed E-state index contributed by atoms with van der Waals surface area (Å²) in [4.78, 5) is 29.2. The second-order valence-corrected chi connectivity index (χ2v) is 13.4. The normalized spacial score (nSPS) is 24.9. The lowest BCUT2D eigenvalue weighted by Gasteiger charge is -2.45. The van der Waals surface area contributed by atoms with Crippen molar-refractivity contribution in [1.29, 1.82) is 0 Å². The molecule has 1 aliphatic carbocycles. The number of rotatable bonds is 7. The fourth-order valence-electron chi connectivity index (χ4n) is 5.57. The van der Waals surface area contributed by atoms with Gasteiger partial charge in [0.15, 0.2) is 5.13 Å². The summed E-state index contributed by atoms with van der Waals surface area (Å²) in [5.74, 6) is 0.939. The Kier molecular flexibility index (Phi) is 6.78. The molecule has 1 N–H and O–H groups in total. The first kappa shape index (κ1) is 23.2. The van der Waals surface area contributed by atoms with Crippen molar-refractivity contribution >= 4 is 33.7 Å². The molecule has 2 fully saturated rings. The molecule has 0 aromatic carbocycles. The Bertz CT molecular complexity index is 967. The van der Waals surface area contributed by atoms with Crippen LogP contribution in [0, 0.1) is 18.3 Å². The van der Waals surface area contributed by atoms with E-state index in [1.54, 1.807) is 11.3 Å². The van der Waals surface area contributed by atoms with Crippen molar-refractivity contribution < 1.29 is 4.79 Å². The number of nitrogens with one attached hydrogen (secondary N) is 1. The van der Waals surface area contributed by atoms with Crippen LogP contribution in [0.4, 0.5) is 5.13 Å². The SMILES string of the molecule is Cc1ncc(CC(=O)N[C@H]2CC[C@H](CCN3CCc4sc(N5CC(C)(C)C5)nc4C3)CC2)s1. The Balaban J connectivity index is 1.02. The highest BCUT2D eigenvalue weighted by Crippen LogP contribution is 2.38. The lowest BCUT2D eigenvalue weighted by Crippen LogP contribution is -2.53. The Hall–Kier alpha value is -1.51. The van der Waals surface area contributed by atoms with E-state index in [1.165, 1.54) is 48.1 Å². The van der Waals surface area contributed by atoms with Crippen LogP contribution in [0.5, 0.6) is 0 Å². The molecule has 5 rings (SSSR count). The number of aromatic nitrogens is 2. The zero-order valence-electron chi connectivity index (χ0n) is 20.2. The van der Waals surface area contributed by atoms with Crippen LogP contribution in [0.2, 0.25) is 0 Å². The standard InChI is InChI=1S/C25H37N5OS2/c1-17-26-13-20(32-17)12-23(31)27-19-6-4-18(5-7-19)8-10-29-11-9-22-21(14-29)28-24(33-22)30-15-25(2,3)16-30/h13,18-19H,4-12,14-16H2,1-3H3,(H,27,31)/t18-,19-. The van der Waals surface area contributed by atoms with Crippen molar-refractivity contribution in [3.05, 3.63) is 26.7 Å². The number of nitrogens with zero attached hydrogens (tertiary/aromatic N) is 4. The second kappa shape index (κ2) is 9.62. The van der Waals surface area contributed by atoms with Gasteiger partial charge in [-0.1, -0.05) is 13.8 Å². The Labute approximate surface area is 205 Å². The molecule has 0 radical (unpaired) electrons. The number of fused-ring (bicyclic) bond motifs is 1. The topological polar surface area (TPSA) is 61.4 Å². The van der Waals surface area contributed by atoms with Crippen LogP contribution >= 0.6 is 22.7 Å². The van der Waals surface area contributed by atoms with Gasteiger partial charge in [0.25, 0.3) is 0 Å². The summed E-state index contributed by atoms with van der Waals surface area (Å²) in [6.45, 7) is 12.3. The monoisotopic (exact) mass is 487 g/mol. The van der Waals surface area contributed by atoms with E-state index in [0.717, 1.165) is 54.7 Å². The van der Waals surface area contributed by atoms with Crippen molar-refractivity contribution in [3.8, 4) is 0 Å². The van der Waals surface area contributed by atoms with Crippen LogP contribution < -0.4 is 10.2 Å². The highest BCUT2D eigenvalue weighted by molar-refractivity contribution is 7.15. The summed E-state index contributed by atoms with van der Waals surface area (Å²) < 4.78 is 0. The van der Waals surface area contributed by atoms with E-state index in [4.69, 9.17) is 4.98 Å². The Morgan fingerprint density at radius 2 is 2.00 bits per heavy atom. The van der Waals surface area contributed by atoms with Crippen molar-refractivity contribution in [2.45, 2.75) is 78.3 Å². The molecule has 2 aromatic heterocycles. The highest BCUT2D eigenvalue weighted by atomic mass is 32.1. The molecule has 0 bridgehead atoms. The van der Waals surface area contributed by atoms with Gasteiger partial charge in [-0.05, 0) is 63.3 Å². The molecule has 4 heterocycles. The molecule has 33 heavy (non-hydrogen) atoms. The van der Waals surface area contributed by atoms with E-state index in [1.807, 2.05) is 24.5 Å². The average Bonchev–Trinajstić information content (AvgIpc) is 3.36. The molecule has 1 saturated heterocycles. The van der Waals surface area contributed by atoms with E-state index in [2.05, 4.69) is 33.9 Å². The van der Waals surface area contributed by atoms with Crippen LogP contribution in [-0.4, -0.2) is 53.0 Å². The fourth-order valence-corrected chi connectivity index (χ4v) is 7.42. The van der Waals surface area contributed by atoms with E-state index in [0.29, 0.717) is 17.9 Å². The first-order valence-electron chi connectivity index (χ1n) is 12.5. The van der Waals surface area contributed by atoms with Gasteiger partial charge < -0.3 is 10.2 Å². The lowest BCUT2D eigenvalue weighted by atomic mass is 9.84. The summed E-state index contributed by atoms with van der Waals surface area (Å²) in [6, 6.07) is 0.347. The van der Waals surface area contributed by atoms with Crippen molar-refractivity contribution in [3.63, 3.8) is 0 Å². The third-order valence-corrected chi connectivity index (χ3v) is 9.50. The van der Waals surface area contributed by atoms with Gasteiger partial charge in [-0.25, -0.2) is 9.97 Å². The molecule has 2 aromatic rings. The lowest BCUT2D eigenvalue weighted by molar-refractivity contribution is -0.121. The van der Waals surface area contributed by atoms with E-state index < -0.39 is 0 Å². The van der Waals surface area contributed by atoms with E-state index >= 15 is 0 Å². The fraction of sp³-hybridized carbons (Fsp3) is 0.720. The van der Waals surface area contributed by atoms with Crippen LogP contribution in [0.1, 0.15) is 66.4 Å². The number of hydrogen-bond acceptors (Lipinski definition) is 7. The molecule has 180 valence electrons. The number of amides is 1. The van der Waals surface area contributed by atoms with Gasteiger partial charge >= 0.3 is 0 Å². The summed E-state index contributed by atoms with van der Waals surface area (Å²) in [6.07, 6.45) is 9.42. The predicted molar refractivity (Wildman–Crippen MR) is 136 cm³/mol. The van der Waals surface area contributed by atoms with Gasteiger partial charge in [0, 0.05) is 48.2 Å². The largest absolute Gasteiger partial charge is 0.353 e. The first-order valence-corrected chi connectivity index (χ1v) is 14.1. The molecule has 0 spiro atoms. The zero-order chi connectivity index (χ0) is 23.0. The minimum Gasteiger partial charge on any atom is -0.353 e. The Morgan fingerprint density at radius 3 is 2.70 bits per heavy atom. The molecule has 0 unspecified atom stereocenters. The smallest absolute Gasteiger partial charge is 0.225 e. The molecule has 3 aliphatic rings. The maximum Gasteiger partial charge on any atom is 0.225 e. The first-order chi connectivity index (χ1) is 15.8. The summed E-state index contributed by atoms with van der Waals surface area (Å²) in [5.41, 5.74) is 1.77. The molecule has 2 aliphatic heterocycles. The molecular formula is C25H37N5OS2. The van der Waals surface area contributed by atoms with Gasteiger partial charge in [-0.3, -0.25) is 9.69 Å². The molecule has 1 amide bonds. The summed E-state index contributed by atoms with van der Waals surface area (Å²) in [7, 11) is 0. The minimum atomic E-state index is 0.149.